The van der Waals surface area contributed by atoms with E-state index < -0.39 is 0 Å². The quantitative estimate of drug-likeness (QED) is 0.808. The maximum atomic E-state index is 11.9. The Labute approximate surface area is 118 Å². The number of benzene rings is 1. The van der Waals surface area contributed by atoms with Crippen molar-refractivity contribution in [3.05, 3.63) is 35.4 Å². The van der Waals surface area contributed by atoms with Crippen molar-refractivity contribution in [1.82, 2.24) is 5.32 Å². The molecule has 1 amide bonds. The molecular formula is C15H19NO2S. The van der Waals surface area contributed by atoms with Crippen molar-refractivity contribution in [2.24, 2.45) is 0 Å². The second kappa shape index (κ2) is 8.63. The van der Waals surface area contributed by atoms with Crippen LogP contribution in [0.4, 0.5) is 0 Å². The highest BCUT2D eigenvalue weighted by Crippen LogP contribution is 2.05. The number of amides is 1. The van der Waals surface area contributed by atoms with Crippen LogP contribution >= 0.6 is 11.8 Å². The molecule has 1 aromatic carbocycles. The van der Waals surface area contributed by atoms with Crippen LogP contribution in [-0.2, 0) is 0 Å². The standard InChI is InChI=1S/C15H19NO2S/c1-12(9-11-19-2)16-15(18)14-7-5-13(6-8-14)4-3-10-17/h5-8,12,17H,9-11H2,1-2H3,(H,16,18). The molecule has 0 fully saturated rings. The van der Waals surface area contributed by atoms with Gasteiger partial charge in [0, 0.05) is 17.2 Å². The van der Waals surface area contributed by atoms with E-state index in [4.69, 9.17) is 5.11 Å². The van der Waals surface area contributed by atoms with Gasteiger partial charge >= 0.3 is 0 Å². The highest BCUT2D eigenvalue weighted by Gasteiger charge is 2.08. The van der Waals surface area contributed by atoms with E-state index in [2.05, 4.69) is 23.4 Å². The van der Waals surface area contributed by atoms with Crippen molar-refractivity contribution in [2.75, 3.05) is 18.6 Å². The molecule has 2 N–H and O–H groups in total. The maximum absolute atomic E-state index is 11.9. The molecule has 0 aromatic heterocycles. The van der Waals surface area contributed by atoms with Gasteiger partial charge in [-0.1, -0.05) is 11.8 Å². The lowest BCUT2D eigenvalue weighted by Crippen LogP contribution is -2.32. The van der Waals surface area contributed by atoms with E-state index in [1.807, 2.05) is 6.92 Å². The molecule has 0 radical (unpaired) electrons. The van der Waals surface area contributed by atoms with E-state index in [0.29, 0.717) is 5.56 Å². The van der Waals surface area contributed by atoms with E-state index in [1.54, 1.807) is 36.0 Å². The van der Waals surface area contributed by atoms with Crippen LogP contribution in [0.25, 0.3) is 0 Å². The van der Waals surface area contributed by atoms with Crippen LogP contribution in [-0.4, -0.2) is 35.7 Å². The molecule has 19 heavy (non-hydrogen) atoms. The van der Waals surface area contributed by atoms with Crippen molar-refractivity contribution in [3.63, 3.8) is 0 Å². The number of aliphatic hydroxyl groups is 1. The van der Waals surface area contributed by atoms with Crippen molar-refractivity contribution in [1.29, 1.82) is 0 Å². The van der Waals surface area contributed by atoms with Gasteiger partial charge < -0.3 is 10.4 Å². The van der Waals surface area contributed by atoms with Crippen LogP contribution in [0.5, 0.6) is 0 Å². The predicted octanol–water partition coefficient (Wildman–Crippen LogP) is 1.90. The molecule has 0 saturated carbocycles. The zero-order valence-corrected chi connectivity index (χ0v) is 12.1. The third kappa shape index (κ3) is 5.82. The van der Waals surface area contributed by atoms with E-state index in [1.165, 1.54) is 0 Å². The summed E-state index contributed by atoms with van der Waals surface area (Å²) in [5.74, 6) is 6.34. The Hall–Kier alpha value is -1.44. The molecule has 0 bridgehead atoms. The van der Waals surface area contributed by atoms with E-state index >= 15 is 0 Å². The van der Waals surface area contributed by atoms with Gasteiger partial charge in [0.2, 0.25) is 0 Å². The molecule has 0 aliphatic carbocycles. The van der Waals surface area contributed by atoms with Gasteiger partial charge in [0.05, 0.1) is 0 Å². The number of rotatable bonds is 5. The molecule has 1 aromatic rings. The third-order valence-corrected chi connectivity index (χ3v) is 3.24. The first-order valence-electron chi connectivity index (χ1n) is 6.17. The van der Waals surface area contributed by atoms with Gasteiger partial charge in [-0.3, -0.25) is 4.79 Å². The molecule has 4 heteroatoms. The van der Waals surface area contributed by atoms with Gasteiger partial charge in [0.25, 0.3) is 5.91 Å². The van der Waals surface area contributed by atoms with Gasteiger partial charge in [0.15, 0.2) is 0 Å². The first kappa shape index (κ1) is 15.6. The van der Waals surface area contributed by atoms with Gasteiger partial charge in [-0.2, -0.15) is 11.8 Å². The molecule has 1 atom stereocenters. The summed E-state index contributed by atoms with van der Waals surface area (Å²) in [6, 6.07) is 7.23. The maximum Gasteiger partial charge on any atom is 0.251 e. The van der Waals surface area contributed by atoms with E-state index in [0.717, 1.165) is 17.7 Å². The fourth-order valence-corrected chi connectivity index (χ4v) is 2.11. The van der Waals surface area contributed by atoms with Crippen LogP contribution in [0.2, 0.25) is 0 Å². The Morgan fingerprint density at radius 2 is 2.11 bits per heavy atom. The van der Waals surface area contributed by atoms with Crippen molar-refractivity contribution < 1.29 is 9.90 Å². The Morgan fingerprint density at radius 3 is 2.68 bits per heavy atom. The summed E-state index contributed by atoms with van der Waals surface area (Å²) >= 11 is 1.78. The zero-order chi connectivity index (χ0) is 14.1. The summed E-state index contributed by atoms with van der Waals surface area (Å²) in [5.41, 5.74) is 1.42. The Morgan fingerprint density at radius 1 is 1.42 bits per heavy atom. The molecule has 0 aliphatic heterocycles. The van der Waals surface area contributed by atoms with Crippen LogP contribution in [0.3, 0.4) is 0 Å². The SMILES string of the molecule is CSCCC(C)NC(=O)c1ccc(C#CCO)cc1. The summed E-state index contributed by atoms with van der Waals surface area (Å²) in [6.07, 6.45) is 3.02. The topological polar surface area (TPSA) is 49.3 Å². The monoisotopic (exact) mass is 277 g/mol. The Kier molecular flexibility index (Phi) is 7.09. The molecule has 0 spiro atoms. The molecule has 0 aliphatic rings. The average molecular weight is 277 g/mol. The summed E-state index contributed by atoms with van der Waals surface area (Å²) in [6.45, 7) is 1.85. The van der Waals surface area contributed by atoms with Crippen LogP contribution in [0.15, 0.2) is 24.3 Å². The minimum absolute atomic E-state index is 0.0599. The number of hydrogen-bond donors (Lipinski definition) is 2. The number of carbonyl (C=O) groups excluding carboxylic acids is 1. The van der Waals surface area contributed by atoms with Crippen LogP contribution in [0.1, 0.15) is 29.3 Å². The number of hydrogen-bond acceptors (Lipinski definition) is 3. The summed E-state index contributed by atoms with van der Waals surface area (Å²) in [7, 11) is 0. The van der Waals surface area contributed by atoms with Gasteiger partial charge in [-0.15, -0.1) is 0 Å². The molecule has 1 rings (SSSR count). The highest BCUT2D eigenvalue weighted by molar-refractivity contribution is 7.98. The number of nitrogens with one attached hydrogen (secondary N) is 1. The normalized spacial score (nSPS) is 11.3. The lowest BCUT2D eigenvalue weighted by Gasteiger charge is -2.13. The number of thioether (sulfide) groups is 1. The molecule has 1 unspecified atom stereocenters. The zero-order valence-electron chi connectivity index (χ0n) is 11.3. The molecule has 3 nitrogen and oxygen atoms in total. The van der Waals surface area contributed by atoms with Crippen LogP contribution in [0, 0.1) is 11.8 Å². The number of carbonyl (C=O) groups is 1. The fraction of sp³-hybridized carbons (Fsp3) is 0.400. The van der Waals surface area contributed by atoms with Gasteiger partial charge in [-0.25, -0.2) is 0 Å². The Balaban J connectivity index is 2.57. The summed E-state index contributed by atoms with van der Waals surface area (Å²) < 4.78 is 0. The third-order valence-electron chi connectivity index (χ3n) is 2.59. The molecule has 0 heterocycles. The van der Waals surface area contributed by atoms with Crippen molar-refractivity contribution in [3.8, 4) is 11.8 Å². The lowest BCUT2D eigenvalue weighted by atomic mass is 10.1. The fourth-order valence-electron chi connectivity index (χ4n) is 1.52. The Bertz CT molecular complexity index is 459. The summed E-state index contributed by atoms with van der Waals surface area (Å²) in [4.78, 5) is 11.9. The smallest absolute Gasteiger partial charge is 0.251 e. The summed E-state index contributed by atoms with van der Waals surface area (Å²) in [5, 5.41) is 11.6. The molecule has 0 saturated heterocycles. The van der Waals surface area contributed by atoms with Gasteiger partial charge in [-0.05, 0) is 49.6 Å². The second-order valence-corrected chi connectivity index (χ2v) is 5.18. The number of aliphatic hydroxyl groups excluding tert-OH is 1. The molecular weight excluding hydrogens is 258 g/mol. The first-order valence-corrected chi connectivity index (χ1v) is 7.56. The average Bonchev–Trinajstić information content (AvgIpc) is 2.43. The van der Waals surface area contributed by atoms with Crippen LogP contribution < -0.4 is 5.32 Å². The largest absolute Gasteiger partial charge is 0.384 e. The highest BCUT2D eigenvalue weighted by atomic mass is 32.2. The minimum atomic E-state index is -0.158. The van der Waals surface area contributed by atoms with E-state index in [9.17, 15) is 4.79 Å². The molecule has 102 valence electrons. The lowest BCUT2D eigenvalue weighted by molar-refractivity contribution is 0.0939. The van der Waals surface area contributed by atoms with Gasteiger partial charge in [0.1, 0.15) is 6.61 Å². The first-order chi connectivity index (χ1) is 9.17. The predicted molar refractivity (Wildman–Crippen MR) is 80.3 cm³/mol. The minimum Gasteiger partial charge on any atom is -0.384 e. The van der Waals surface area contributed by atoms with E-state index in [-0.39, 0.29) is 18.6 Å². The van der Waals surface area contributed by atoms with Crippen molar-refractivity contribution >= 4 is 17.7 Å². The van der Waals surface area contributed by atoms with Crippen molar-refractivity contribution in [2.45, 2.75) is 19.4 Å². The second-order valence-electron chi connectivity index (χ2n) is 4.19.